The summed E-state index contributed by atoms with van der Waals surface area (Å²) in [5.41, 5.74) is 0. The van der Waals surface area contributed by atoms with Crippen LogP contribution < -0.4 is 5.32 Å². The Morgan fingerprint density at radius 3 is 2.60 bits per heavy atom. The van der Waals surface area contributed by atoms with Gasteiger partial charge in [0.15, 0.2) is 0 Å². The van der Waals surface area contributed by atoms with Gasteiger partial charge in [-0.2, -0.15) is 13.2 Å². The van der Waals surface area contributed by atoms with Gasteiger partial charge in [0, 0.05) is 12.2 Å². The van der Waals surface area contributed by atoms with Crippen molar-refractivity contribution in [3.63, 3.8) is 0 Å². The van der Waals surface area contributed by atoms with E-state index in [1.165, 1.54) is 0 Å². The highest BCUT2D eigenvalue weighted by molar-refractivity contribution is 8.01. The van der Waals surface area contributed by atoms with Gasteiger partial charge in [0.05, 0.1) is 7.11 Å². The smallest absolute Gasteiger partial charge is 0.432 e. The SMILES string of the molecule is COC(=O)C1(C(F)(F)F)NC(=O)CCS1. The van der Waals surface area contributed by atoms with Gasteiger partial charge in [-0.05, 0) is 0 Å². The highest BCUT2D eigenvalue weighted by Gasteiger charge is 2.64. The standard InChI is InChI=1S/C7H8F3NO3S/c1-14-5(13)6(7(8,9)10)11-4(12)2-3-15-6/h2-3H2,1H3,(H,11,12). The topological polar surface area (TPSA) is 55.4 Å². The van der Waals surface area contributed by atoms with Gasteiger partial charge in [0.2, 0.25) is 5.91 Å². The molecule has 0 bridgehead atoms. The molecule has 15 heavy (non-hydrogen) atoms. The molecule has 86 valence electrons. The summed E-state index contributed by atoms with van der Waals surface area (Å²) in [4.78, 5) is 19.1. The van der Waals surface area contributed by atoms with Crippen LogP contribution in [0.1, 0.15) is 6.42 Å². The molecule has 1 saturated heterocycles. The van der Waals surface area contributed by atoms with E-state index in [0.29, 0.717) is 11.8 Å². The van der Waals surface area contributed by atoms with E-state index in [9.17, 15) is 22.8 Å². The summed E-state index contributed by atoms with van der Waals surface area (Å²) in [5.74, 6) is -2.38. The van der Waals surface area contributed by atoms with Gasteiger partial charge in [-0.1, -0.05) is 0 Å². The first-order valence-corrected chi connectivity index (χ1v) is 4.92. The monoisotopic (exact) mass is 243 g/mol. The Kier molecular flexibility index (Phi) is 3.17. The summed E-state index contributed by atoms with van der Waals surface area (Å²) in [7, 11) is 0.844. The summed E-state index contributed by atoms with van der Waals surface area (Å²) >= 11 is 0.323. The minimum absolute atomic E-state index is 0.0422. The summed E-state index contributed by atoms with van der Waals surface area (Å²) in [6.07, 6.45) is -4.92. The molecule has 1 aliphatic heterocycles. The second-order valence-corrected chi connectivity index (χ2v) is 4.13. The van der Waals surface area contributed by atoms with Crippen LogP contribution in [-0.4, -0.2) is 35.8 Å². The minimum Gasteiger partial charge on any atom is -0.466 e. The van der Waals surface area contributed by atoms with E-state index in [1.807, 2.05) is 0 Å². The molecule has 1 amide bonds. The maximum Gasteiger partial charge on any atom is 0.432 e. The number of ether oxygens (including phenoxy) is 1. The van der Waals surface area contributed by atoms with Crippen LogP contribution in [-0.2, 0) is 14.3 Å². The molecule has 8 heteroatoms. The molecule has 1 unspecified atom stereocenters. The molecular formula is C7H8F3NO3S. The zero-order valence-corrected chi connectivity index (χ0v) is 8.50. The molecule has 0 spiro atoms. The average molecular weight is 243 g/mol. The fourth-order valence-corrected chi connectivity index (χ4v) is 2.26. The maximum absolute atomic E-state index is 12.7. The lowest BCUT2D eigenvalue weighted by molar-refractivity contribution is -0.192. The largest absolute Gasteiger partial charge is 0.466 e. The van der Waals surface area contributed by atoms with Crippen molar-refractivity contribution >= 4 is 23.6 Å². The average Bonchev–Trinajstić information content (AvgIpc) is 2.14. The molecule has 1 aliphatic rings. The highest BCUT2D eigenvalue weighted by atomic mass is 32.2. The molecule has 0 aliphatic carbocycles. The van der Waals surface area contributed by atoms with E-state index in [-0.39, 0.29) is 12.2 Å². The van der Waals surface area contributed by atoms with Gasteiger partial charge in [0.1, 0.15) is 0 Å². The Morgan fingerprint density at radius 1 is 1.60 bits per heavy atom. The number of amides is 1. The number of thioether (sulfide) groups is 1. The third-order valence-electron chi connectivity index (χ3n) is 1.84. The first-order valence-electron chi connectivity index (χ1n) is 3.93. The molecule has 4 nitrogen and oxygen atoms in total. The third kappa shape index (κ3) is 2.04. The molecule has 0 radical (unpaired) electrons. The number of alkyl halides is 3. The number of esters is 1. The van der Waals surface area contributed by atoms with Crippen LogP contribution in [0, 0.1) is 0 Å². The van der Waals surface area contributed by atoms with E-state index in [4.69, 9.17) is 0 Å². The number of carbonyl (C=O) groups excluding carboxylic acids is 2. The fraction of sp³-hybridized carbons (Fsp3) is 0.714. The van der Waals surface area contributed by atoms with Crippen molar-refractivity contribution in [1.29, 1.82) is 0 Å². The Morgan fingerprint density at radius 2 is 2.20 bits per heavy atom. The van der Waals surface area contributed by atoms with Gasteiger partial charge in [-0.3, -0.25) is 4.79 Å². The molecule has 1 fully saturated rings. The molecule has 0 saturated carbocycles. The second kappa shape index (κ2) is 3.92. The molecule has 1 atom stereocenters. The molecule has 0 aromatic rings. The first-order chi connectivity index (χ1) is 6.83. The van der Waals surface area contributed by atoms with Crippen LogP contribution in [0.3, 0.4) is 0 Å². The number of rotatable bonds is 1. The van der Waals surface area contributed by atoms with Crippen LogP contribution >= 0.6 is 11.8 Å². The predicted octanol–water partition coefficient (Wildman–Crippen LogP) is 0.671. The maximum atomic E-state index is 12.7. The Hall–Kier alpha value is -0.920. The zero-order chi connectivity index (χ0) is 11.7. The number of hydrogen-bond donors (Lipinski definition) is 1. The van der Waals surface area contributed by atoms with Crippen LogP contribution in [0.25, 0.3) is 0 Å². The van der Waals surface area contributed by atoms with Crippen molar-refractivity contribution in [2.45, 2.75) is 17.5 Å². The fourth-order valence-electron chi connectivity index (χ4n) is 1.11. The van der Waals surface area contributed by atoms with Crippen LogP contribution in [0.15, 0.2) is 0 Å². The summed E-state index contributed by atoms with van der Waals surface area (Å²) in [5, 5.41) is 1.64. The summed E-state index contributed by atoms with van der Waals surface area (Å²) in [6.45, 7) is 0. The molecular weight excluding hydrogens is 235 g/mol. The number of halogens is 3. The van der Waals surface area contributed by atoms with Gasteiger partial charge in [0.25, 0.3) is 4.87 Å². The van der Waals surface area contributed by atoms with Gasteiger partial charge in [-0.15, -0.1) is 11.8 Å². The van der Waals surface area contributed by atoms with E-state index in [0.717, 1.165) is 7.11 Å². The second-order valence-electron chi connectivity index (χ2n) is 2.82. The normalized spacial score (nSPS) is 27.1. The third-order valence-corrected chi connectivity index (χ3v) is 3.18. The Bertz CT molecular complexity index is 294. The molecule has 0 aromatic carbocycles. The Balaban J connectivity index is 3.06. The number of nitrogens with one attached hydrogen (secondary N) is 1. The molecule has 1 rings (SSSR count). The first kappa shape index (κ1) is 12.2. The van der Waals surface area contributed by atoms with Crippen LogP contribution in [0.4, 0.5) is 13.2 Å². The predicted molar refractivity (Wildman–Crippen MR) is 46.0 cm³/mol. The lowest BCUT2D eigenvalue weighted by Crippen LogP contribution is -2.64. The van der Waals surface area contributed by atoms with Crippen molar-refractivity contribution < 1.29 is 27.5 Å². The highest BCUT2D eigenvalue weighted by Crippen LogP contribution is 2.42. The number of carbonyl (C=O) groups is 2. The van der Waals surface area contributed by atoms with Crippen LogP contribution in [0.2, 0.25) is 0 Å². The Labute approximate surface area is 87.5 Å². The molecule has 1 N–H and O–H groups in total. The van der Waals surface area contributed by atoms with Crippen molar-refractivity contribution in [2.75, 3.05) is 12.9 Å². The van der Waals surface area contributed by atoms with Gasteiger partial charge >= 0.3 is 12.1 Å². The van der Waals surface area contributed by atoms with Gasteiger partial charge < -0.3 is 10.1 Å². The van der Waals surface area contributed by atoms with E-state index < -0.39 is 22.9 Å². The number of methoxy groups -OCH3 is 1. The summed E-state index contributed by atoms with van der Waals surface area (Å²) in [6, 6.07) is 0. The quantitative estimate of drug-likeness (QED) is 0.688. The minimum atomic E-state index is -4.87. The van der Waals surface area contributed by atoms with E-state index >= 15 is 0 Å². The van der Waals surface area contributed by atoms with Gasteiger partial charge in [-0.25, -0.2) is 4.79 Å². The van der Waals surface area contributed by atoms with E-state index in [2.05, 4.69) is 4.74 Å². The van der Waals surface area contributed by atoms with Crippen molar-refractivity contribution in [1.82, 2.24) is 5.32 Å². The zero-order valence-electron chi connectivity index (χ0n) is 7.68. The lowest BCUT2D eigenvalue weighted by Gasteiger charge is -2.35. The van der Waals surface area contributed by atoms with E-state index in [1.54, 1.807) is 5.32 Å². The molecule has 0 aromatic heterocycles. The molecule has 1 heterocycles. The van der Waals surface area contributed by atoms with Crippen molar-refractivity contribution in [2.24, 2.45) is 0 Å². The van der Waals surface area contributed by atoms with Crippen molar-refractivity contribution in [3.05, 3.63) is 0 Å². The van der Waals surface area contributed by atoms with Crippen molar-refractivity contribution in [3.8, 4) is 0 Å². The number of hydrogen-bond acceptors (Lipinski definition) is 4. The lowest BCUT2D eigenvalue weighted by atomic mass is 10.2. The van der Waals surface area contributed by atoms with Crippen LogP contribution in [0.5, 0.6) is 0 Å². The summed E-state index contributed by atoms with van der Waals surface area (Å²) < 4.78 is 42.1.